The maximum atomic E-state index is 12.7. The van der Waals surface area contributed by atoms with E-state index >= 15 is 0 Å². The molecule has 29 heavy (non-hydrogen) atoms. The predicted octanol–water partition coefficient (Wildman–Crippen LogP) is 2.76. The fraction of sp³-hybridized carbons (Fsp3) is 0.682. The third-order valence-electron chi connectivity index (χ3n) is 5.40. The minimum atomic E-state index is -3.64. The van der Waals surface area contributed by atoms with Gasteiger partial charge in [-0.2, -0.15) is 0 Å². The minimum absolute atomic E-state index is 0.0400. The van der Waals surface area contributed by atoms with Gasteiger partial charge >= 0.3 is 0 Å². The largest absolute Gasteiger partial charge is 0.352 e. The highest BCUT2D eigenvalue weighted by Gasteiger charge is 2.24. The molecule has 7 heteroatoms. The molecule has 1 amide bonds. The number of nitrogens with zero attached hydrogens (tertiary/aromatic N) is 1. The molecule has 3 unspecified atom stereocenters. The number of aryl methyl sites for hydroxylation is 3. The molecule has 2 rings (SSSR count). The standard InChI is InChI=1S/C22H37N3O3S/c1-15-10-18(4)22(19(5)11-15)29(27,28)23-8-7-21(26)24-20(6)14-25-12-16(2)9-17(3)13-25/h10-11,16-17,20,23H,7-9,12-14H2,1-6H3,(H,24,26). The Labute approximate surface area is 176 Å². The van der Waals surface area contributed by atoms with E-state index in [-0.39, 0.29) is 24.9 Å². The summed E-state index contributed by atoms with van der Waals surface area (Å²) in [6.07, 6.45) is 1.39. The first kappa shape index (κ1) is 23.8. The van der Waals surface area contributed by atoms with Gasteiger partial charge in [-0.3, -0.25) is 4.79 Å². The Bertz CT molecular complexity index is 790. The number of amides is 1. The number of hydrogen-bond donors (Lipinski definition) is 2. The van der Waals surface area contributed by atoms with Crippen LogP contribution in [0, 0.1) is 32.6 Å². The van der Waals surface area contributed by atoms with E-state index in [0.29, 0.717) is 16.7 Å². The van der Waals surface area contributed by atoms with E-state index in [0.717, 1.165) is 36.3 Å². The zero-order chi connectivity index (χ0) is 21.8. The lowest BCUT2D eigenvalue weighted by Crippen LogP contribution is -2.47. The molecule has 0 radical (unpaired) electrons. The molecule has 0 saturated carbocycles. The van der Waals surface area contributed by atoms with Crippen LogP contribution in [0.15, 0.2) is 17.0 Å². The van der Waals surface area contributed by atoms with Crippen LogP contribution in [0.5, 0.6) is 0 Å². The summed E-state index contributed by atoms with van der Waals surface area (Å²) in [5, 5.41) is 3.00. The maximum Gasteiger partial charge on any atom is 0.241 e. The van der Waals surface area contributed by atoms with Crippen LogP contribution in [0.3, 0.4) is 0 Å². The number of sulfonamides is 1. The summed E-state index contributed by atoms with van der Waals surface area (Å²) < 4.78 is 27.9. The average molecular weight is 424 g/mol. The first-order valence-corrected chi connectivity index (χ1v) is 12.1. The van der Waals surface area contributed by atoms with Crippen LogP contribution in [-0.4, -0.2) is 51.4 Å². The Balaban J connectivity index is 1.82. The molecule has 3 atom stereocenters. The van der Waals surface area contributed by atoms with Crippen LogP contribution in [0.1, 0.15) is 50.3 Å². The van der Waals surface area contributed by atoms with Gasteiger partial charge in [0.15, 0.2) is 0 Å². The molecule has 1 aromatic rings. The normalized spacial score (nSPS) is 21.7. The first-order chi connectivity index (χ1) is 13.5. The molecular formula is C22H37N3O3S. The monoisotopic (exact) mass is 423 g/mol. The van der Waals surface area contributed by atoms with Crippen molar-refractivity contribution in [2.45, 2.75) is 65.3 Å². The van der Waals surface area contributed by atoms with E-state index in [9.17, 15) is 13.2 Å². The average Bonchev–Trinajstić information content (AvgIpc) is 2.51. The van der Waals surface area contributed by atoms with Crippen molar-refractivity contribution in [2.24, 2.45) is 11.8 Å². The van der Waals surface area contributed by atoms with Crippen molar-refractivity contribution in [1.29, 1.82) is 0 Å². The fourth-order valence-electron chi connectivity index (χ4n) is 4.68. The van der Waals surface area contributed by atoms with Crippen LogP contribution >= 0.6 is 0 Å². The highest BCUT2D eigenvalue weighted by Crippen LogP contribution is 2.22. The van der Waals surface area contributed by atoms with Gasteiger partial charge in [0, 0.05) is 38.6 Å². The summed E-state index contributed by atoms with van der Waals surface area (Å²) in [5.74, 6) is 1.24. The highest BCUT2D eigenvalue weighted by atomic mass is 32.2. The number of carbonyl (C=O) groups excluding carboxylic acids is 1. The number of hydrogen-bond acceptors (Lipinski definition) is 4. The second-order valence-corrected chi connectivity index (χ2v) is 10.7. The molecule has 2 N–H and O–H groups in total. The number of nitrogens with one attached hydrogen (secondary N) is 2. The molecule has 1 aliphatic rings. The van der Waals surface area contributed by atoms with E-state index in [1.807, 2.05) is 26.0 Å². The van der Waals surface area contributed by atoms with Gasteiger partial charge in [0.1, 0.15) is 0 Å². The minimum Gasteiger partial charge on any atom is -0.352 e. The molecule has 6 nitrogen and oxygen atoms in total. The predicted molar refractivity (Wildman–Crippen MR) is 117 cm³/mol. The quantitative estimate of drug-likeness (QED) is 0.674. The van der Waals surface area contributed by atoms with Crippen molar-refractivity contribution < 1.29 is 13.2 Å². The Morgan fingerprint density at radius 2 is 1.69 bits per heavy atom. The molecule has 0 spiro atoms. The molecule has 1 fully saturated rings. The Hall–Kier alpha value is -1.44. The van der Waals surface area contributed by atoms with Gasteiger partial charge in [-0.05, 0) is 57.1 Å². The Kier molecular flexibility index (Phi) is 8.26. The number of benzene rings is 1. The van der Waals surface area contributed by atoms with Crippen molar-refractivity contribution in [3.63, 3.8) is 0 Å². The van der Waals surface area contributed by atoms with E-state index in [1.54, 1.807) is 13.8 Å². The lowest BCUT2D eigenvalue weighted by molar-refractivity contribution is -0.121. The van der Waals surface area contributed by atoms with Gasteiger partial charge in [0.05, 0.1) is 4.90 Å². The SMILES string of the molecule is Cc1cc(C)c(S(=O)(=O)NCCC(=O)NC(C)CN2CC(C)CC(C)C2)c(C)c1. The van der Waals surface area contributed by atoms with Crippen LogP contribution in [0.2, 0.25) is 0 Å². The molecule has 0 aliphatic carbocycles. The zero-order valence-electron chi connectivity index (χ0n) is 18.7. The zero-order valence-corrected chi connectivity index (χ0v) is 19.5. The van der Waals surface area contributed by atoms with Crippen LogP contribution in [0.25, 0.3) is 0 Å². The van der Waals surface area contributed by atoms with E-state index in [2.05, 4.69) is 28.8 Å². The first-order valence-electron chi connectivity index (χ1n) is 10.6. The Morgan fingerprint density at radius 3 is 2.24 bits per heavy atom. The van der Waals surface area contributed by atoms with Crippen molar-refractivity contribution in [2.75, 3.05) is 26.2 Å². The molecule has 0 bridgehead atoms. The van der Waals surface area contributed by atoms with Gasteiger partial charge in [0.25, 0.3) is 0 Å². The van der Waals surface area contributed by atoms with Gasteiger partial charge in [0.2, 0.25) is 15.9 Å². The summed E-state index contributed by atoms with van der Waals surface area (Å²) in [6.45, 7) is 15.1. The number of rotatable bonds is 8. The van der Waals surface area contributed by atoms with E-state index in [1.165, 1.54) is 6.42 Å². The van der Waals surface area contributed by atoms with Crippen LogP contribution in [-0.2, 0) is 14.8 Å². The van der Waals surface area contributed by atoms with E-state index in [4.69, 9.17) is 0 Å². The van der Waals surface area contributed by atoms with Crippen molar-refractivity contribution in [3.05, 3.63) is 28.8 Å². The van der Waals surface area contributed by atoms with Gasteiger partial charge in [-0.25, -0.2) is 13.1 Å². The summed E-state index contributed by atoms with van der Waals surface area (Å²) in [5.41, 5.74) is 2.47. The maximum absolute atomic E-state index is 12.7. The molecule has 164 valence electrons. The number of carbonyl (C=O) groups is 1. The molecule has 1 saturated heterocycles. The third kappa shape index (κ3) is 7.08. The van der Waals surface area contributed by atoms with Gasteiger partial charge in [-0.1, -0.05) is 31.5 Å². The van der Waals surface area contributed by atoms with E-state index < -0.39 is 10.0 Å². The van der Waals surface area contributed by atoms with Gasteiger partial charge < -0.3 is 10.2 Å². The molecule has 1 aromatic carbocycles. The summed E-state index contributed by atoms with van der Waals surface area (Å²) in [6, 6.07) is 3.76. The second kappa shape index (κ2) is 10.0. The fourth-order valence-corrected chi connectivity index (χ4v) is 6.16. The highest BCUT2D eigenvalue weighted by molar-refractivity contribution is 7.89. The molecule has 0 aromatic heterocycles. The van der Waals surface area contributed by atoms with Crippen molar-refractivity contribution in [1.82, 2.24) is 14.9 Å². The third-order valence-corrected chi connectivity index (χ3v) is 7.17. The van der Waals surface area contributed by atoms with Crippen LogP contribution < -0.4 is 10.0 Å². The summed E-state index contributed by atoms with van der Waals surface area (Å²) in [4.78, 5) is 15.0. The lowest BCUT2D eigenvalue weighted by atomic mass is 9.92. The number of piperidine rings is 1. The number of likely N-dealkylation sites (tertiary alicyclic amines) is 1. The van der Waals surface area contributed by atoms with Crippen molar-refractivity contribution in [3.8, 4) is 0 Å². The van der Waals surface area contributed by atoms with Crippen molar-refractivity contribution >= 4 is 15.9 Å². The molecular weight excluding hydrogens is 386 g/mol. The topological polar surface area (TPSA) is 78.5 Å². The smallest absolute Gasteiger partial charge is 0.241 e. The Morgan fingerprint density at radius 1 is 1.14 bits per heavy atom. The summed E-state index contributed by atoms with van der Waals surface area (Å²) in [7, 11) is -3.64. The molecule has 1 heterocycles. The lowest BCUT2D eigenvalue weighted by Gasteiger charge is -2.36. The molecule has 1 aliphatic heterocycles. The van der Waals surface area contributed by atoms with Crippen LogP contribution in [0.4, 0.5) is 0 Å². The second-order valence-electron chi connectivity index (χ2n) is 9.01. The summed E-state index contributed by atoms with van der Waals surface area (Å²) >= 11 is 0. The van der Waals surface area contributed by atoms with Gasteiger partial charge in [-0.15, -0.1) is 0 Å².